The number of benzene rings is 1. The number of carbonyl (C=O) groups is 1. The van der Waals surface area contributed by atoms with Crippen molar-refractivity contribution in [2.75, 3.05) is 39.5 Å². The number of nitrogens with zero attached hydrogens (tertiary/aromatic N) is 1. The van der Waals surface area contributed by atoms with Gasteiger partial charge in [0.05, 0.1) is 6.61 Å². The van der Waals surface area contributed by atoms with Crippen molar-refractivity contribution in [2.24, 2.45) is 0 Å². The zero-order valence-electron chi connectivity index (χ0n) is 18.7. The predicted octanol–water partition coefficient (Wildman–Crippen LogP) is 5.67. The molecule has 29 heavy (non-hydrogen) atoms. The minimum Gasteiger partial charge on any atom is -0.493 e. The Morgan fingerprint density at radius 3 is 2.41 bits per heavy atom. The van der Waals surface area contributed by atoms with E-state index in [2.05, 4.69) is 18.7 Å². The second-order valence-electron chi connectivity index (χ2n) is 8.13. The van der Waals surface area contributed by atoms with Crippen LogP contribution in [0.25, 0.3) is 0 Å². The van der Waals surface area contributed by atoms with Crippen LogP contribution in [0.2, 0.25) is 0 Å². The fourth-order valence-electron chi connectivity index (χ4n) is 3.80. The molecule has 0 unspecified atom stereocenters. The fraction of sp³-hybridized carbons (Fsp3) is 0.720. The summed E-state index contributed by atoms with van der Waals surface area (Å²) in [5.74, 6) is 1.17. The van der Waals surface area contributed by atoms with Gasteiger partial charge in [0.15, 0.2) is 5.78 Å². The normalized spacial score (nSPS) is 14.8. The highest BCUT2D eigenvalue weighted by atomic mass is 16.5. The number of piperidine rings is 1. The first kappa shape index (κ1) is 23.9. The average molecular weight is 404 g/mol. The summed E-state index contributed by atoms with van der Waals surface area (Å²) in [5.41, 5.74) is 1.95. The second-order valence-corrected chi connectivity index (χ2v) is 8.13. The number of likely N-dealkylation sites (tertiary alicyclic amines) is 1. The molecule has 0 aromatic heterocycles. The van der Waals surface area contributed by atoms with Crippen molar-refractivity contribution in [2.45, 2.75) is 78.1 Å². The summed E-state index contributed by atoms with van der Waals surface area (Å²) < 4.78 is 11.6. The maximum Gasteiger partial charge on any atom is 0.164 e. The van der Waals surface area contributed by atoms with E-state index in [0.717, 1.165) is 75.4 Å². The molecule has 0 bridgehead atoms. The number of ether oxygens (including phenoxy) is 2. The van der Waals surface area contributed by atoms with E-state index in [-0.39, 0.29) is 5.78 Å². The Hall–Kier alpha value is -1.39. The lowest BCUT2D eigenvalue weighted by molar-refractivity contribution is 0.0958. The molecule has 1 aromatic rings. The van der Waals surface area contributed by atoms with Crippen molar-refractivity contribution in [3.63, 3.8) is 0 Å². The standard InChI is InChI=1S/C25H41NO3/c1-3-5-9-18-28-19-10-11-20-29-25-13-12-23(21-22(25)4-2)24(27)14-17-26-15-7-6-8-16-26/h12-13,21H,3-11,14-20H2,1-2H3. The first-order chi connectivity index (χ1) is 14.2. The van der Waals surface area contributed by atoms with Crippen LogP contribution in [0.4, 0.5) is 0 Å². The van der Waals surface area contributed by atoms with Gasteiger partial charge in [-0.1, -0.05) is 33.1 Å². The highest BCUT2D eigenvalue weighted by molar-refractivity contribution is 5.96. The van der Waals surface area contributed by atoms with Gasteiger partial charge in [-0.3, -0.25) is 4.79 Å². The highest BCUT2D eigenvalue weighted by Crippen LogP contribution is 2.22. The molecule has 0 aliphatic carbocycles. The van der Waals surface area contributed by atoms with Crippen LogP contribution in [-0.2, 0) is 11.2 Å². The zero-order valence-corrected chi connectivity index (χ0v) is 18.7. The van der Waals surface area contributed by atoms with Gasteiger partial charge in [0.25, 0.3) is 0 Å². The summed E-state index contributed by atoms with van der Waals surface area (Å²) in [5, 5.41) is 0. The summed E-state index contributed by atoms with van der Waals surface area (Å²) >= 11 is 0. The molecule has 164 valence electrons. The Morgan fingerprint density at radius 1 is 0.966 bits per heavy atom. The predicted molar refractivity (Wildman–Crippen MR) is 120 cm³/mol. The van der Waals surface area contributed by atoms with Crippen molar-refractivity contribution in [3.05, 3.63) is 29.3 Å². The number of hydrogen-bond acceptors (Lipinski definition) is 4. The van der Waals surface area contributed by atoms with Crippen LogP contribution in [0.15, 0.2) is 18.2 Å². The van der Waals surface area contributed by atoms with E-state index < -0.39 is 0 Å². The van der Waals surface area contributed by atoms with Gasteiger partial charge in [-0.05, 0) is 75.4 Å². The van der Waals surface area contributed by atoms with Gasteiger partial charge in [0.1, 0.15) is 5.75 Å². The Kier molecular flexibility index (Phi) is 12.0. The van der Waals surface area contributed by atoms with Crippen molar-refractivity contribution in [1.82, 2.24) is 4.90 Å². The second kappa shape index (κ2) is 14.6. The molecule has 0 atom stereocenters. The molecule has 1 aliphatic heterocycles. The van der Waals surface area contributed by atoms with E-state index in [0.29, 0.717) is 13.0 Å². The molecule has 1 fully saturated rings. The first-order valence-corrected chi connectivity index (χ1v) is 11.8. The number of hydrogen-bond donors (Lipinski definition) is 0. The maximum atomic E-state index is 12.6. The minimum absolute atomic E-state index is 0.247. The molecular weight excluding hydrogens is 362 g/mol. The molecule has 0 radical (unpaired) electrons. The van der Waals surface area contributed by atoms with Gasteiger partial charge in [0.2, 0.25) is 0 Å². The van der Waals surface area contributed by atoms with Crippen LogP contribution >= 0.6 is 0 Å². The van der Waals surface area contributed by atoms with E-state index in [1.807, 2.05) is 18.2 Å². The van der Waals surface area contributed by atoms with Crippen LogP contribution in [-0.4, -0.2) is 50.1 Å². The molecule has 1 heterocycles. The molecule has 0 spiro atoms. The van der Waals surface area contributed by atoms with Crippen LogP contribution in [0.3, 0.4) is 0 Å². The lowest BCUT2D eigenvalue weighted by Gasteiger charge is -2.26. The summed E-state index contributed by atoms with van der Waals surface area (Å²) in [7, 11) is 0. The van der Waals surface area contributed by atoms with Crippen LogP contribution in [0.5, 0.6) is 5.75 Å². The number of rotatable bonds is 15. The summed E-state index contributed by atoms with van der Waals surface area (Å²) in [6.45, 7) is 9.90. The van der Waals surface area contributed by atoms with Crippen molar-refractivity contribution >= 4 is 5.78 Å². The van der Waals surface area contributed by atoms with E-state index in [4.69, 9.17) is 9.47 Å². The molecular formula is C25H41NO3. The van der Waals surface area contributed by atoms with Crippen molar-refractivity contribution in [3.8, 4) is 5.75 Å². The van der Waals surface area contributed by atoms with Crippen molar-refractivity contribution in [1.29, 1.82) is 0 Å². The van der Waals surface area contributed by atoms with Gasteiger partial charge >= 0.3 is 0 Å². The van der Waals surface area contributed by atoms with Crippen LogP contribution < -0.4 is 4.74 Å². The largest absolute Gasteiger partial charge is 0.493 e. The Balaban J connectivity index is 1.69. The first-order valence-electron chi connectivity index (χ1n) is 11.8. The van der Waals surface area contributed by atoms with Gasteiger partial charge in [-0.25, -0.2) is 0 Å². The quantitative estimate of drug-likeness (QED) is 0.279. The van der Waals surface area contributed by atoms with Gasteiger partial charge < -0.3 is 14.4 Å². The van der Waals surface area contributed by atoms with E-state index in [1.165, 1.54) is 32.1 Å². The van der Waals surface area contributed by atoms with Crippen LogP contribution in [0.1, 0.15) is 87.6 Å². The zero-order chi connectivity index (χ0) is 20.7. The third kappa shape index (κ3) is 9.31. The third-order valence-electron chi connectivity index (χ3n) is 5.70. The molecule has 0 N–H and O–H groups in total. The Labute approximate surface area is 178 Å². The molecule has 4 nitrogen and oxygen atoms in total. The number of Topliss-reactive ketones (excluding diaryl/α,β-unsaturated/α-hetero) is 1. The fourth-order valence-corrected chi connectivity index (χ4v) is 3.80. The molecule has 1 aromatic carbocycles. The topological polar surface area (TPSA) is 38.8 Å². The molecule has 2 rings (SSSR count). The summed E-state index contributed by atoms with van der Waals surface area (Å²) in [6.07, 6.45) is 11.0. The summed E-state index contributed by atoms with van der Waals surface area (Å²) in [6, 6.07) is 5.95. The smallest absolute Gasteiger partial charge is 0.164 e. The molecule has 0 amide bonds. The minimum atomic E-state index is 0.247. The third-order valence-corrected chi connectivity index (χ3v) is 5.70. The number of ketones is 1. The Bertz CT molecular complexity index is 581. The number of carbonyl (C=O) groups excluding carboxylic acids is 1. The number of unbranched alkanes of at least 4 members (excludes halogenated alkanes) is 3. The molecule has 1 aliphatic rings. The monoisotopic (exact) mass is 403 g/mol. The van der Waals surface area contributed by atoms with Crippen molar-refractivity contribution < 1.29 is 14.3 Å². The van der Waals surface area contributed by atoms with Gasteiger partial charge in [-0.2, -0.15) is 0 Å². The highest BCUT2D eigenvalue weighted by Gasteiger charge is 2.14. The lowest BCUT2D eigenvalue weighted by Crippen LogP contribution is -2.31. The molecule has 4 heteroatoms. The van der Waals surface area contributed by atoms with Gasteiger partial charge in [0, 0.05) is 31.7 Å². The van der Waals surface area contributed by atoms with E-state index in [1.54, 1.807) is 0 Å². The average Bonchev–Trinajstić information content (AvgIpc) is 2.77. The van der Waals surface area contributed by atoms with Crippen LogP contribution in [0, 0.1) is 0 Å². The van der Waals surface area contributed by atoms with Gasteiger partial charge in [-0.15, -0.1) is 0 Å². The lowest BCUT2D eigenvalue weighted by atomic mass is 10.0. The number of aryl methyl sites for hydroxylation is 1. The molecule has 0 saturated carbocycles. The summed E-state index contributed by atoms with van der Waals surface area (Å²) in [4.78, 5) is 15.0. The maximum absolute atomic E-state index is 12.6. The van der Waals surface area contributed by atoms with E-state index in [9.17, 15) is 4.79 Å². The van der Waals surface area contributed by atoms with E-state index >= 15 is 0 Å². The Morgan fingerprint density at radius 2 is 1.69 bits per heavy atom. The SMILES string of the molecule is CCCCCOCCCCOc1ccc(C(=O)CCN2CCCCC2)cc1CC. The molecule has 1 saturated heterocycles.